The molecule has 2 heterocycles. The predicted octanol–water partition coefficient (Wildman–Crippen LogP) is 4.92. The molecule has 6 nitrogen and oxygen atoms in total. The van der Waals surface area contributed by atoms with Gasteiger partial charge in [-0.1, -0.05) is 23.4 Å². The normalized spacial score (nSPS) is 18.9. The highest BCUT2D eigenvalue weighted by molar-refractivity contribution is 6.30. The van der Waals surface area contributed by atoms with Gasteiger partial charge in [0.15, 0.2) is 0 Å². The molecule has 1 aromatic heterocycles. The molecule has 0 saturated carbocycles. The number of nitrogens with zero attached hydrogens (tertiary/aromatic N) is 2. The summed E-state index contributed by atoms with van der Waals surface area (Å²) in [6, 6.07) is 11.7. The van der Waals surface area contributed by atoms with E-state index in [0.29, 0.717) is 49.7 Å². The zero-order valence-corrected chi connectivity index (χ0v) is 20.7. The fourth-order valence-electron chi connectivity index (χ4n) is 4.77. The summed E-state index contributed by atoms with van der Waals surface area (Å²) in [5.74, 6) is 4.49. The van der Waals surface area contributed by atoms with Crippen LogP contribution < -0.4 is 4.74 Å². The molecule has 1 fully saturated rings. The van der Waals surface area contributed by atoms with E-state index in [1.807, 2.05) is 23.1 Å². The summed E-state index contributed by atoms with van der Waals surface area (Å²) in [4.78, 5) is 18.4. The van der Waals surface area contributed by atoms with Crippen LogP contribution in [0.2, 0.25) is 5.02 Å². The Balaban J connectivity index is 1.38. The van der Waals surface area contributed by atoms with Gasteiger partial charge in [0.05, 0.1) is 36.8 Å². The molecule has 1 saturated heterocycles. The molecule has 4 rings (SSSR count). The van der Waals surface area contributed by atoms with Crippen molar-refractivity contribution >= 4 is 28.5 Å². The minimum atomic E-state index is -0.852. The molecule has 1 aliphatic rings. The van der Waals surface area contributed by atoms with Crippen LogP contribution in [0.3, 0.4) is 0 Å². The van der Waals surface area contributed by atoms with Crippen molar-refractivity contribution in [1.82, 2.24) is 9.88 Å². The smallest absolute Gasteiger partial charge is 0.308 e. The topological polar surface area (TPSA) is 82.9 Å². The molecule has 0 aliphatic carbocycles. The van der Waals surface area contributed by atoms with Gasteiger partial charge >= 0.3 is 5.97 Å². The number of fused-ring (bicyclic) bond motifs is 1. The maximum atomic E-state index is 13.9. The van der Waals surface area contributed by atoms with E-state index >= 15 is 0 Å². The highest BCUT2D eigenvalue weighted by Gasteiger charge is 2.34. The molecule has 2 aromatic carbocycles. The number of aliphatic carboxylic acids is 1. The Bertz CT molecular complexity index is 1310. The maximum Gasteiger partial charge on any atom is 0.308 e. The van der Waals surface area contributed by atoms with E-state index in [1.54, 1.807) is 25.4 Å². The van der Waals surface area contributed by atoms with E-state index in [2.05, 4.69) is 16.8 Å². The van der Waals surface area contributed by atoms with E-state index < -0.39 is 23.8 Å². The number of carbonyl (C=O) groups is 1. The van der Waals surface area contributed by atoms with Crippen molar-refractivity contribution in [2.45, 2.75) is 25.4 Å². The zero-order valence-electron chi connectivity index (χ0n) is 20.0. The number of aliphatic hydroxyl groups is 1. The van der Waals surface area contributed by atoms with Crippen molar-refractivity contribution in [2.75, 3.05) is 26.7 Å². The minimum absolute atomic E-state index is 0.0577. The van der Waals surface area contributed by atoms with E-state index in [-0.39, 0.29) is 11.5 Å². The van der Waals surface area contributed by atoms with Gasteiger partial charge in [0.2, 0.25) is 0 Å². The first-order valence-electron chi connectivity index (χ1n) is 11.9. The number of aliphatic hydroxyl groups excluding tert-OH is 1. The summed E-state index contributed by atoms with van der Waals surface area (Å²) in [6.07, 6.45) is 2.64. The van der Waals surface area contributed by atoms with Gasteiger partial charge in [-0.2, -0.15) is 0 Å². The lowest BCUT2D eigenvalue weighted by Gasteiger charge is -2.36. The summed E-state index contributed by atoms with van der Waals surface area (Å²) < 4.78 is 19.2. The fraction of sp³-hybridized carbons (Fsp3) is 0.357. The Labute approximate surface area is 214 Å². The molecule has 3 atom stereocenters. The molecule has 0 amide bonds. The predicted molar refractivity (Wildman–Crippen MR) is 136 cm³/mol. The number of rotatable bonds is 7. The Kier molecular flexibility index (Phi) is 8.42. The third-order valence-corrected chi connectivity index (χ3v) is 7.00. The summed E-state index contributed by atoms with van der Waals surface area (Å²) in [6.45, 7) is 1.41. The van der Waals surface area contributed by atoms with Crippen LogP contribution in [0.5, 0.6) is 5.75 Å². The van der Waals surface area contributed by atoms with Crippen molar-refractivity contribution in [1.29, 1.82) is 0 Å². The van der Waals surface area contributed by atoms with Crippen molar-refractivity contribution in [2.24, 2.45) is 11.8 Å². The average Bonchev–Trinajstić information content (AvgIpc) is 2.88. The first kappa shape index (κ1) is 25.9. The molecule has 36 heavy (non-hydrogen) atoms. The molecular weight excluding hydrogens is 483 g/mol. The SMILES string of the molecule is COc1ccc2nccc([C@H](O)CC[C@@H]3CCN(CC#Cc4ccc(Cl)cc4F)C[C@@H]3C(=O)O)c2c1. The van der Waals surface area contributed by atoms with Gasteiger partial charge in [0, 0.05) is 23.2 Å². The summed E-state index contributed by atoms with van der Waals surface area (Å²) in [5, 5.41) is 22.0. The molecule has 0 unspecified atom stereocenters. The van der Waals surface area contributed by atoms with E-state index in [4.69, 9.17) is 16.3 Å². The minimum Gasteiger partial charge on any atom is -0.497 e. The average molecular weight is 511 g/mol. The van der Waals surface area contributed by atoms with Gasteiger partial charge in [-0.05, 0) is 79.8 Å². The second-order valence-corrected chi connectivity index (χ2v) is 9.47. The van der Waals surface area contributed by atoms with E-state index in [1.165, 1.54) is 12.1 Å². The molecule has 0 spiro atoms. The van der Waals surface area contributed by atoms with Gasteiger partial charge in [-0.15, -0.1) is 0 Å². The number of benzene rings is 2. The second-order valence-electron chi connectivity index (χ2n) is 9.03. The van der Waals surface area contributed by atoms with Gasteiger partial charge in [-0.3, -0.25) is 14.7 Å². The van der Waals surface area contributed by atoms with Crippen LogP contribution >= 0.6 is 11.6 Å². The molecule has 188 valence electrons. The highest BCUT2D eigenvalue weighted by atomic mass is 35.5. The number of ether oxygens (including phenoxy) is 1. The van der Waals surface area contributed by atoms with E-state index in [0.717, 1.165) is 16.5 Å². The summed E-state index contributed by atoms with van der Waals surface area (Å²) in [7, 11) is 1.59. The molecule has 0 radical (unpaired) electrons. The quantitative estimate of drug-likeness (QED) is 0.439. The Morgan fingerprint density at radius 3 is 2.89 bits per heavy atom. The number of likely N-dealkylation sites (tertiary alicyclic amines) is 1. The Morgan fingerprint density at radius 2 is 2.14 bits per heavy atom. The van der Waals surface area contributed by atoms with Crippen molar-refractivity contribution in [3.8, 4) is 17.6 Å². The van der Waals surface area contributed by atoms with Crippen molar-refractivity contribution in [3.05, 3.63) is 70.6 Å². The lowest BCUT2D eigenvalue weighted by Crippen LogP contribution is -2.44. The lowest BCUT2D eigenvalue weighted by atomic mass is 9.81. The van der Waals surface area contributed by atoms with Gasteiger partial charge in [0.25, 0.3) is 0 Å². The van der Waals surface area contributed by atoms with Crippen LogP contribution in [0.25, 0.3) is 10.9 Å². The van der Waals surface area contributed by atoms with Crippen molar-refractivity contribution < 1.29 is 24.1 Å². The first-order chi connectivity index (χ1) is 17.4. The second kappa shape index (κ2) is 11.7. The number of carboxylic acids is 1. The highest BCUT2D eigenvalue weighted by Crippen LogP contribution is 2.33. The van der Waals surface area contributed by atoms with Crippen LogP contribution in [0.1, 0.15) is 36.5 Å². The number of hydrogen-bond acceptors (Lipinski definition) is 5. The number of carboxylic acid groups (broad SMARTS) is 1. The number of hydrogen-bond donors (Lipinski definition) is 2. The third-order valence-electron chi connectivity index (χ3n) is 6.77. The standard InChI is InChI=1S/C28H28ClFN2O4/c1-36-21-7-8-26-23(16-21)22(10-12-31-26)27(33)9-5-18-11-14-32(17-24(18)28(34)35)13-2-3-19-4-6-20(29)15-25(19)30/h4,6-8,10,12,15-16,18,24,27,33H,5,9,11,13-14,17H2,1H3,(H,34,35)/t18-,24+,27-/m1/s1. The van der Waals surface area contributed by atoms with E-state index in [9.17, 15) is 19.4 Å². The monoisotopic (exact) mass is 510 g/mol. The summed E-state index contributed by atoms with van der Waals surface area (Å²) in [5.41, 5.74) is 1.79. The van der Waals surface area contributed by atoms with Crippen LogP contribution in [0, 0.1) is 29.5 Å². The van der Waals surface area contributed by atoms with Crippen LogP contribution in [0.4, 0.5) is 4.39 Å². The summed E-state index contributed by atoms with van der Waals surface area (Å²) >= 11 is 5.77. The molecular formula is C28H28ClFN2O4. The number of halogens is 2. The zero-order chi connectivity index (χ0) is 25.7. The number of aromatic nitrogens is 1. The molecule has 1 aliphatic heterocycles. The third kappa shape index (κ3) is 6.14. The van der Waals surface area contributed by atoms with Crippen LogP contribution in [-0.4, -0.2) is 52.8 Å². The lowest BCUT2D eigenvalue weighted by molar-refractivity contribution is -0.146. The van der Waals surface area contributed by atoms with Gasteiger partial charge < -0.3 is 14.9 Å². The van der Waals surface area contributed by atoms with Crippen LogP contribution in [0.15, 0.2) is 48.7 Å². The fourth-order valence-corrected chi connectivity index (χ4v) is 4.92. The maximum absolute atomic E-state index is 13.9. The van der Waals surface area contributed by atoms with Gasteiger partial charge in [-0.25, -0.2) is 4.39 Å². The first-order valence-corrected chi connectivity index (χ1v) is 12.2. The van der Waals surface area contributed by atoms with Crippen molar-refractivity contribution in [3.63, 3.8) is 0 Å². The molecule has 2 N–H and O–H groups in total. The number of methoxy groups -OCH3 is 1. The van der Waals surface area contributed by atoms with Gasteiger partial charge in [0.1, 0.15) is 11.6 Å². The number of pyridine rings is 1. The molecule has 3 aromatic rings. The Hall–Kier alpha value is -3.18. The molecule has 0 bridgehead atoms. The van der Waals surface area contributed by atoms with Crippen LogP contribution in [-0.2, 0) is 4.79 Å². The molecule has 8 heteroatoms. The number of piperidine rings is 1. The largest absolute Gasteiger partial charge is 0.497 e. The Morgan fingerprint density at radius 1 is 1.31 bits per heavy atom.